The van der Waals surface area contributed by atoms with Gasteiger partial charge in [-0.3, -0.25) is 9.39 Å². The number of nitriles is 1. The van der Waals surface area contributed by atoms with E-state index in [4.69, 9.17) is 15.7 Å². The predicted molar refractivity (Wildman–Crippen MR) is 164 cm³/mol. The quantitative estimate of drug-likeness (QED) is 0.212. The average molecular weight is 547 g/mol. The maximum atomic E-state index is 7.50. The molecule has 1 aliphatic heterocycles. The Morgan fingerprint density at radius 2 is 2.00 bits per heavy atom. The number of pyridine rings is 1. The zero-order valence-electron chi connectivity index (χ0n) is 23.2. The number of nitrogens with two attached hydrogens (primary N) is 1. The van der Waals surface area contributed by atoms with Crippen LogP contribution in [0.4, 0.5) is 5.82 Å². The summed E-state index contributed by atoms with van der Waals surface area (Å²) in [4.78, 5) is 17.5. The van der Waals surface area contributed by atoms with Crippen LogP contribution in [0.25, 0.3) is 22.6 Å². The first-order valence-electron chi connectivity index (χ1n) is 13.5. The number of nitrogens with zero attached hydrogens (tertiary/aromatic N) is 6. The highest BCUT2D eigenvalue weighted by Gasteiger charge is 2.14. The fourth-order valence-corrected chi connectivity index (χ4v) is 4.46. The van der Waals surface area contributed by atoms with Gasteiger partial charge in [0.25, 0.3) is 0 Å². The lowest BCUT2D eigenvalue weighted by Crippen LogP contribution is -2.30. The fourth-order valence-electron chi connectivity index (χ4n) is 4.46. The molecule has 4 aromatic rings. The standard InChI is InChI=1S/C28H32N8O.C2H2BN/c1-30-16-23(14-29)22-4-2-20(3-5-22)15-32-27-13-25(34-19-35-27)26-17-33-28-12-24(8-11-36(26)28)37-18-21-6-9-31-10-7-21;3-1-2-4/h2-5,8,11-14,16-17,19,21,31H,6-7,9-10,15,18,29H2,1H3,(H,32,34,35);1H2/b23-14+,30-16?;. The van der Waals surface area contributed by atoms with Gasteiger partial charge in [0, 0.05) is 49.9 Å². The van der Waals surface area contributed by atoms with E-state index in [0.717, 1.165) is 77.8 Å². The third-order valence-corrected chi connectivity index (χ3v) is 6.66. The molecule has 1 fully saturated rings. The van der Waals surface area contributed by atoms with Crippen LogP contribution in [0.15, 0.2) is 72.4 Å². The molecule has 0 saturated carbocycles. The fraction of sp³-hybridized carbons (Fsp3) is 0.300. The van der Waals surface area contributed by atoms with Crippen molar-refractivity contribution in [3.8, 4) is 23.2 Å². The van der Waals surface area contributed by atoms with Crippen molar-refractivity contribution in [1.82, 2.24) is 24.7 Å². The highest BCUT2D eigenvalue weighted by molar-refractivity contribution is 6.10. The summed E-state index contributed by atoms with van der Waals surface area (Å²) < 4.78 is 8.09. The van der Waals surface area contributed by atoms with Gasteiger partial charge in [-0.1, -0.05) is 24.3 Å². The number of anilines is 1. The molecule has 1 saturated heterocycles. The second kappa shape index (κ2) is 15.2. The third kappa shape index (κ3) is 8.16. The Bertz CT molecular complexity index is 1500. The van der Waals surface area contributed by atoms with Crippen LogP contribution in [0.5, 0.6) is 5.75 Å². The van der Waals surface area contributed by atoms with E-state index in [0.29, 0.717) is 12.5 Å². The van der Waals surface area contributed by atoms with Crippen molar-refractivity contribution in [3.05, 3.63) is 78.5 Å². The number of nitrogens with one attached hydrogen (secondary N) is 2. The van der Waals surface area contributed by atoms with Crippen molar-refractivity contribution in [1.29, 1.82) is 5.26 Å². The van der Waals surface area contributed by atoms with Crippen molar-refractivity contribution < 1.29 is 4.74 Å². The van der Waals surface area contributed by atoms with E-state index in [9.17, 15) is 0 Å². The molecule has 1 aliphatic rings. The molecule has 1 aromatic carbocycles. The van der Waals surface area contributed by atoms with Gasteiger partial charge in [0.05, 0.1) is 38.1 Å². The third-order valence-electron chi connectivity index (χ3n) is 6.66. The molecule has 0 atom stereocenters. The first-order chi connectivity index (χ1) is 20.1. The molecule has 4 heterocycles. The van der Waals surface area contributed by atoms with Crippen LogP contribution < -0.4 is 21.1 Å². The van der Waals surface area contributed by atoms with E-state index in [1.165, 1.54) is 0 Å². The monoisotopic (exact) mass is 547 g/mol. The zero-order valence-corrected chi connectivity index (χ0v) is 23.2. The number of rotatable bonds is 9. The van der Waals surface area contributed by atoms with Gasteiger partial charge >= 0.3 is 0 Å². The lowest BCUT2D eigenvalue weighted by atomic mass is 9.99. The number of imidazole rings is 1. The molecule has 0 amide bonds. The van der Waals surface area contributed by atoms with Crippen molar-refractivity contribution in [2.24, 2.45) is 16.6 Å². The minimum absolute atomic E-state index is 0.125. The second-order valence-electron chi connectivity index (χ2n) is 9.45. The summed E-state index contributed by atoms with van der Waals surface area (Å²) in [5, 5.41) is 14.3. The molecule has 2 radical (unpaired) electrons. The molecule has 0 aliphatic carbocycles. The van der Waals surface area contributed by atoms with Crippen LogP contribution in [0.1, 0.15) is 24.0 Å². The number of ether oxygens (including phenoxy) is 1. The smallest absolute Gasteiger partial charge is 0.140 e. The Balaban J connectivity index is 0.000000909. The molecule has 11 heteroatoms. The molecule has 208 valence electrons. The van der Waals surface area contributed by atoms with Gasteiger partial charge in [-0.05, 0) is 55.4 Å². The Kier molecular flexibility index (Phi) is 10.9. The Hall–Kier alpha value is -4.69. The molecule has 41 heavy (non-hydrogen) atoms. The summed E-state index contributed by atoms with van der Waals surface area (Å²) in [5.41, 5.74) is 11.3. The molecule has 0 spiro atoms. The molecule has 3 aromatic heterocycles. The largest absolute Gasteiger partial charge is 0.493 e. The van der Waals surface area contributed by atoms with Crippen LogP contribution in [0, 0.1) is 17.2 Å². The van der Waals surface area contributed by atoms with Crippen LogP contribution in [0.3, 0.4) is 0 Å². The highest BCUT2D eigenvalue weighted by atomic mass is 16.5. The number of hydrogen-bond acceptors (Lipinski definition) is 9. The van der Waals surface area contributed by atoms with E-state index >= 15 is 0 Å². The van der Waals surface area contributed by atoms with E-state index in [1.54, 1.807) is 31.9 Å². The maximum absolute atomic E-state index is 7.50. The molecular formula is C30H34BN9O. The Morgan fingerprint density at radius 3 is 2.71 bits per heavy atom. The van der Waals surface area contributed by atoms with Crippen LogP contribution in [-0.2, 0) is 6.54 Å². The molecule has 0 unspecified atom stereocenters. The van der Waals surface area contributed by atoms with Gasteiger partial charge in [-0.15, -0.1) is 0 Å². The first kappa shape index (κ1) is 29.3. The highest BCUT2D eigenvalue weighted by Crippen LogP contribution is 2.24. The summed E-state index contributed by atoms with van der Waals surface area (Å²) in [7, 11) is 6.40. The average Bonchev–Trinajstić information content (AvgIpc) is 3.46. The van der Waals surface area contributed by atoms with Gasteiger partial charge in [0.2, 0.25) is 0 Å². The SMILES string of the molecule is CN=C/C(=C\N)c1ccc(CNc2cc(-c3cnc4cc(OCC5CCNCC5)ccn34)ncn2)cc1.[B]CC#N. The van der Waals surface area contributed by atoms with E-state index in [2.05, 4.69) is 50.6 Å². The van der Waals surface area contributed by atoms with Gasteiger partial charge in [-0.2, -0.15) is 5.26 Å². The maximum Gasteiger partial charge on any atom is 0.140 e. The number of aliphatic imine (C=N–C) groups is 1. The van der Waals surface area contributed by atoms with Crippen LogP contribution in [-0.4, -0.2) is 60.2 Å². The van der Waals surface area contributed by atoms with Crippen molar-refractivity contribution in [2.75, 3.05) is 32.1 Å². The summed E-state index contributed by atoms with van der Waals surface area (Å²) in [6, 6.07) is 15.8. The molecule has 10 nitrogen and oxygen atoms in total. The van der Waals surface area contributed by atoms with E-state index in [1.807, 2.05) is 47.1 Å². The van der Waals surface area contributed by atoms with Crippen molar-refractivity contribution in [2.45, 2.75) is 25.7 Å². The summed E-state index contributed by atoms with van der Waals surface area (Å²) in [5.74, 6) is 2.19. The first-order valence-corrected chi connectivity index (χ1v) is 13.5. The van der Waals surface area contributed by atoms with Gasteiger partial charge < -0.3 is 21.1 Å². The Morgan fingerprint density at radius 1 is 1.22 bits per heavy atom. The predicted octanol–water partition coefficient (Wildman–Crippen LogP) is 3.88. The second-order valence-corrected chi connectivity index (χ2v) is 9.45. The summed E-state index contributed by atoms with van der Waals surface area (Å²) >= 11 is 0. The van der Waals surface area contributed by atoms with Crippen LogP contribution in [0.2, 0.25) is 6.32 Å². The molecule has 0 bridgehead atoms. The normalized spacial score (nSPS) is 13.9. The number of fused-ring (bicyclic) bond motifs is 1. The van der Waals surface area contributed by atoms with Gasteiger partial charge in [0.1, 0.15) is 23.5 Å². The van der Waals surface area contributed by atoms with E-state index in [-0.39, 0.29) is 6.32 Å². The number of aromatic nitrogens is 4. The molecule has 5 rings (SSSR count). The number of hydrogen-bond donors (Lipinski definition) is 3. The minimum atomic E-state index is 0.125. The number of allylic oxidation sites excluding steroid dienone is 1. The number of piperidine rings is 1. The zero-order chi connectivity index (χ0) is 28.9. The Labute approximate surface area is 241 Å². The summed E-state index contributed by atoms with van der Waals surface area (Å²) in [6.45, 7) is 3.51. The van der Waals surface area contributed by atoms with Gasteiger partial charge in [0.15, 0.2) is 0 Å². The topological polar surface area (TPSA) is 139 Å². The van der Waals surface area contributed by atoms with Crippen LogP contribution >= 0.6 is 0 Å². The van der Waals surface area contributed by atoms with Crippen molar-refractivity contribution >= 4 is 31.1 Å². The summed E-state index contributed by atoms with van der Waals surface area (Å²) in [6.07, 6.45) is 11.1. The number of benzene rings is 1. The lowest BCUT2D eigenvalue weighted by Gasteiger charge is -2.22. The van der Waals surface area contributed by atoms with Crippen molar-refractivity contribution in [3.63, 3.8) is 0 Å². The lowest BCUT2D eigenvalue weighted by molar-refractivity contribution is 0.215. The molecule has 4 N–H and O–H groups in total. The minimum Gasteiger partial charge on any atom is -0.493 e. The van der Waals surface area contributed by atoms with Gasteiger partial charge in [-0.25, -0.2) is 15.0 Å². The molecular weight excluding hydrogens is 513 g/mol. The van der Waals surface area contributed by atoms with E-state index < -0.39 is 0 Å².